The largest absolute Gasteiger partial charge is 0.325 e. The van der Waals surface area contributed by atoms with Crippen molar-refractivity contribution in [2.75, 3.05) is 18.0 Å². The summed E-state index contributed by atoms with van der Waals surface area (Å²) in [6.45, 7) is 4.59. The highest BCUT2D eigenvalue weighted by Gasteiger charge is 2.35. The predicted octanol–water partition coefficient (Wildman–Crippen LogP) is 4.29. The van der Waals surface area contributed by atoms with Gasteiger partial charge >= 0.3 is 0 Å². The lowest BCUT2D eigenvalue weighted by molar-refractivity contribution is -0.124. The van der Waals surface area contributed by atoms with Crippen LogP contribution in [0.2, 0.25) is 5.02 Å². The van der Waals surface area contributed by atoms with Crippen molar-refractivity contribution in [2.45, 2.75) is 19.9 Å². The monoisotopic (exact) mass is 420 g/mol. The fourth-order valence-corrected chi connectivity index (χ4v) is 3.63. The lowest BCUT2D eigenvalue weighted by atomic mass is 10.1. The summed E-state index contributed by atoms with van der Waals surface area (Å²) in [5.74, 6) is -0.232. The van der Waals surface area contributed by atoms with Crippen molar-refractivity contribution in [2.24, 2.45) is 0 Å². The number of carbonyl (C=O) groups excluding carboxylic acids is 2. The number of amides is 2. The highest BCUT2D eigenvalue weighted by Crippen LogP contribution is 2.29. The number of piperazine rings is 1. The molecule has 0 bridgehead atoms. The van der Waals surface area contributed by atoms with Crippen LogP contribution in [0.4, 0.5) is 5.69 Å². The molecule has 2 amide bonds. The Morgan fingerprint density at radius 1 is 1.20 bits per heavy atom. The van der Waals surface area contributed by atoms with Gasteiger partial charge < -0.3 is 9.80 Å². The minimum atomic E-state index is -0.529. The van der Waals surface area contributed by atoms with Crippen LogP contribution in [0.25, 0.3) is 0 Å². The summed E-state index contributed by atoms with van der Waals surface area (Å²) in [4.78, 5) is 29.0. The van der Waals surface area contributed by atoms with Crippen LogP contribution in [-0.2, 0) is 4.79 Å². The average molecular weight is 422 g/mol. The van der Waals surface area contributed by atoms with Crippen LogP contribution in [0.1, 0.15) is 22.8 Å². The maximum atomic E-state index is 12.9. The van der Waals surface area contributed by atoms with Crippen LogP contribution in [0, 0.1) is 6.92 Å². The first-order valence-corrected chi connectivity index (χ1v) is 9.20. The zero-order valence-electron chi connectivity index (χ0n) is 14.0. The molecule has 1 fully saturated rings. The molecule has 1 atom stereocenters. The quantitative estimate of drug-likeness (QED) is 0.726. The molecule has 1 aliphatic rings. The molecule has 25 heavy (non-hydrogen) atoms. The molecule has 2 aromatic carbocycles. The first kappa shape index (κ1) is 18.0. The topological polar surface area (TPSA) is 40.6 Å². The summed E-state index contributed by atoms with van der Waals surface area (Å²) in [5.41, 5.74) is 2.25. The molecule has 1 heterocycles. The number of nitrogens with zero attached hydrogens (tertiary/aromatic N) is 2. The lowest BCUT2D eigenvalue weighted by Gasteiger charge is -2.39. The minimum Gasteiger partial charge on any atom is -0.325 e. The number of anilines is 1. The first-order chi connectivity index (χ1) is 11.9. The molecular weight excluding hydrogens is 404 g/mol. The van der Waals surface area contributed by atoms with E-state index in [1.165, 1.54) is 0 Å². The van der Waals surface area contributed by atoms with Crippen molar-refractivity contribution in [3.8, 4) is 0 Å². The van der Waals surface area contributed by atoms with E-state index in [0.717, 1.165) is 15.7 Å². The Hall–Kier alpha value is -1.85. The second-order valence-electron chi connectivity index (χ2n) is 6.06. The van der Waals surface area contributed by atoms with Gasteiger partial charge in [-0.05, 0) is 49.7 Å². The van der Waals surface area contributed by atoms with Crippen molar-refractivity contribution >= 4 is 45.0 Å². The van der Waals surface area contributed by atoms with E-state index >= 15 is 0 Å². The van der Waals surface area contributed by atoms with Crippen LogP contribution in [0.3, 0.4) is 0 Å². The van der Waals surface area contributed by atoms with Gasteiger partial charge in [0.05, 0.1) is 0 Å². The van der Waals surface area contributed by atoms with E-state index in [2.05, 4.69) is 15.9 Å². The summed E-state index contributed by atoms with van der Waals surface area (Å²) in [5, 5.41) is 0.630. The molecule has 0 unspecified atom stereocenters. The fourth-order valence-electron chi connectivity index (χ4n) is 3.06. The molecule has 1 aliphatic heterocycles. The van der Waals surface area contributed by atoms with Crippen LogP contribution >= 0.6 is 27.5 Å². The number of rotatable bonds is 2. The summed E-state index contributed by atoms with van der Waals surface area (Å²) < 4.78 is 0.838. The van der Waals surface area contributed by atoms with Gasteiger partial charge in [0.2, 0.25) is 5.91 Å². The van der Waals surface area contributed by atoms with Crippen LogP contribution in [0.15, 0.2) is 46.9 Å². The molecule has 1 saturated heterocycles. The SMILES string of the molecule is Cc1c(Cl)cccc1N1CCN(C(=O)c2cccc(Br)c2)[C@@H](C)C1=O. The standard InChI is InChI=1S/C19H18BrClN2O2/c1-12-16(21)7-4-8-17(12)23-10-9-22(13(2)18(23)24)19(25)14-5-3-6-15(20)11-14/h3-8,11,13H,9-10H2,1-2H3/t13-/m0/s1. The minimum absolute atomic E-state index is 0.0973. The molecule has 0 N–H and O–H groups in total. The second kappa shape index (κ2) is 7.18. The highest BCUT2D eigenvalue weighted by molar-refractivity contribution is 9.10. The van der Waals surface area contributed by atoms with Gasteiger partial charge in [0.15, 0.2) is 0 Å². The Morgan fingerprint density at radius 3 is 2.64 bits per heavy atom. The van der Waals surface area contributed by atoms with Crippen molar-refractivity contribution in [1.82, 2.24) is 4.90 Å². The molecule has 0 aromatic heterocycles. The van der Waals surface area contributed by atoms with Gasteiger partial charge in [-0.3, -0.25) is 9.59 Å². The molecule has 3 rings (SSSR count). The van der Waals surface area contributed by atoms with Crippen LogP contribution in [-0.4, -0.2) is 35.8 Å². The molecule has 4 nitrogen and oxygen atoms in total. The van der Waals surface area contributed by atoms with Gasteiger partial charge in [0, 0.05) is 33.8 Å². The van der Waals surface area contributed by atoms with E-state index in [1.807, 2.05) is 31.2 Å². The average Bonchev–Trinajstić information content (AvgIpc) is 2.59. The van der Waals surface area contributed by atoms with Gasteiger partial charge in [0.1, 0.15) is 6.04 Å². The van der Waals surface area contributed by atoms with Gasteiger partial charge in [-0.1, -0.05) is 39.7 Å². The number of carbonyl (C=O) groups is 2. The van der Waals surface area contributed by atoms with E-state index in [1.54, 1.807) is 34.9 Å². The number of hydrogen-bond acceptors (Lipinski definition) is 2. The summed E-state index contributed by atoms with van der Waals surface area (Å²) in [7, 11) is 0. The number of hydrogen-bond donors (Lipinski definition) is 0. The van der Waals surface area contributed by atoms with Crippen molar-refractivity contribution in [3.63, 3.8) is 0 Å². The number of benzene rings is 2. The molecule has 0 saturated carbocycles. The van der Waals surface area contributed by atoms with E-state index in [-0.39, 0.29) is 11.8 Å². The molecule has 0 aliphatic carbocycles. The van der Waals surface area contributed by atoms with Crippen LogP contribution in [0.5, 0.6) is 0 Å². The van der Waals surface area contributed by atoms with E-state index in [0.29, 0.717) is 23.7 Å². The van der Waals surface area contributed by atoms with Crippen molar-refractivity contribution in [1.29, 1.82) is 0 Å². The molecule has 0 spiro atoms. The maximum absolute atomic E-state index is 12.9. The fraction of sp³-hybridized carbons (Fsp3) is 0.263. The van der Waals surface area contributed by atoms with Crippen molar-refractivity contribution < 1.29 is 9.59 Å². The van der Waals surface area contributed by atoms with Gasteiger partial charge in [0.25, 0.3) is 5.91 Å². The summed E-state index contributed by atoms with van der Waals surface area (Å²) >= 11 is 9.56. The predicted molar refractivity (Wildman–Crippen MR) is 103 cm³/mol. The van der Waals surface area contributed by atoms with Gasteiger partial charge in [-0.15, -0.1) is 0 Å². The van der Waals surface area contributed by atoms with E-state index < -0.39 is 6.04 Å². The van der Waals surface area contributed by atoms with Crippen LogP contribution < -0.4 is 4.90 Å². The molecule has 6 heteroatoms. The normalized spacial score (nSPS) is 17.8. The lowest BCUT2D eigenvalue weighted by Crippen LogP contribution is -2.58. The zero-order chi connectivity index (χ0) is 18.1. The summed E-state index contributed by atoms with van der Waals surface area (Å²) in [6, 6.07) is 12.2. The van der Waals surface area contributed by atoms with E-state index in [4.69, 9.17) is 11.6 Å². The maximum Gasteiger partial charge on any atom is 0.254 e. The Kier molecular flexibility index (Phi) is 5.16. The zero-order valence-corrected chi connectivity index (χ0v) is 16.3. The Labute approximate surface area is 160 Å². The third kappa shape index (κ3) is 3.44. The Balaban J connectivity index is 1.84. The third-order valence-electron chi connectivity index (χ3n) is 4.52. The van der Waals surface area contributed by atoms with E-state index in [9.17, 15) is 9.59 Å². The first-order valence-electron chi connectivity index (χ1n) is 8.03. The third-order valence-corrected chi connectivity index (χ3v) is 5.42. The summed E-state index contributed by atoms with van der Waals surface area (Å²) in [6.07, 6.45) is 0. The number of halogens is 2. The van der Waals surface area contributed by atoms with Gasteiger partial charge in [-0.2, -0.15) is 0 Å². The Bertz CT molecular complexity index is 840. The molecule has 2 aromatic rings. The highest BCUT2D eigenvalue weighted by atomic mass is 79.9. The van der Waals surface area contributed by atoms with Crippen molar-refractivity contribution in [3.05, 3.63) is 63.1 Å². The Morgan fingerprint density at radius 2 is 1.92 bits per heavy atom. The van der Waals surface area contributed by atoms with Gasteiger partial charge in [-0.25, -0.2) is 0 Å². The molecule has 0 radical (unpaired) electrons. The smallest absolute Gasteiger partial charge is 0.254 e. The molecular formula is C19H18BrClN2O2. The second-order valence-corrected chi connectivity index (χ2v) is 7.38. The molecule has 130 valence electrons.